The summed E-state index contributed by atoms with van der Waals surface area (Å²) >= 11 is 0. The van der Waals surface area contributed by atoms with Crippen molar-refractivity contribution in [3.63, 3.8) is 0 Å². The quantitative estimate of drug-likeness (QED) is 0.486. The van der Waals surface area contributed by atoms with Gasteiger partial charge in [-0.3, -0.25) is 4.79 Å². The van der Waals surface area contributed by atoms with Gasteiger partial charge in [-0.25, -0.2) is 4.79 Å². The van der Waals surface area contributed by atoms with Gasteiger partial charge in [0.1, 0.15) is 11.5 Å². The lowest BCUT2D eigenvalue weighted by Crippen LogP contribution is -2.20. The maximum atomic E-state index is 12.1. The summed E-state index contributed by atoms with van der Waals surface area (Å²) in [6, 6.07) is 18.6. The van der Waals surface area contributed by atoms with E-state index in [1.54, 1.807) is 37.5 Å². The molecule has 0 unspecified atom stereocenters. The standard InChI is InChI=1S/C23H21NO5/c1-27-20-10-11-21(28-2)18(14-20)8-12-23(26)29-15-22(25)24-19-9-7-16-5-3-4-6-17(16)13-19/h3-14H,15H2,1-2H3,(H,24,25)/b12-8+. The maximum absolute atomic E-state index is 12.1. The van der Waals surface area contributed by atoms with E-state index < -0.39 is 11.9 Å². The number of anilines is 1. The summed E-state index contributed by atoms with van der Waals surface area (Å²) in [6.45, 7) is -0.384. The van der Waals surface area contributed by atoms with Crippen LogP contribution < -0.4 is 14.8 Å². The number of hydrogen-bond acceptors (Lipinski definition) is 5. The van der Waals surface area contributed by atoms with Gasteiger partial charge in [0.2, 0.25) is 0 Å². The zero-order chi connectivity index (χ0) is 20.6. The number of fused-ring (bicyclic) bond motifs is 1. The zero-order valence-electron chi connectivity index (χ0n) is 16.2. The molecule has 0 aliphatic carbocycles. The van der Waals surface area contributed by atoms with Crippen molar-refractivity contribution < 1.29 is 23.8 Å². The van der Waals surface area contributed by atoms with E-state index in [2.05, 4.69) is 5.32 Å². The molecular weight excluding hydrogens is 370 g/mol. The Labute approximate surface area is 168 Å². The fraction of sp³-hybridized carbons (Fsp3) is 0.130. The molecule has 148 valence electrons. The SMILES string of the molecule is COc1ccc(OC)c(/C=C/C(=O)OCC(=O)Nc2ccc3ccccc3c2)c1. The molecule has 29 heavy (non-hydrogen) atoms. The molecule has 1 N–H and O–H groups in total. The van der Waals surface area contributed by atoms with Crippen molar-refractivity contribution in [1.29, 1.82) is 0 Å². The molecule has 3 aromatic carbocycles. The van der Waals surface area contributed by atoms with Gasteiger partial charge in [-0.2, -0.15) is 0 Å². The number of ether oxygens (including phenoxy) is 3. The summed E-state index contributed by atoms with van der Waals surface area (Å²) in [4.78, 5) is 24.0. The summed E-state index contributed by atoms with van der Waals surface area (Å²) in [5, 5.41) is 4.81. The normalized spacial score (nSPS) is 10.7. The minimum absolute atomic E-state index is 0.384. The van der Waals surface area contributed by atoms with Crippen LogP contribution in [0.25, 0.3) is 16.8 Å². The van der Waals surface area contributed by atoms with Gasteiger partial charge in [0.05, 0.1) is 14.2 Å². The Kier molecular flexibility index (Phi) is 6.47. The molecule has 0 saturated heterocycles. The second-order valence-corrected chi connectivity index (χ2v) is 6.16. The molecule has 0 fully saturated rings. The topological polar surface area (TPSA) is 73.9 Å². The van der Waals surface area contributed by atoms with Crippen LogP contribution in [0.4, 0.5) is 5.69 Å². The molecule has 0 spiro atoms. The number of benzene rings is 3. The monoisotopic (exact) mass is 391 g/mol. The predicted molar refractivity (Wildman–Crippen MR) is 112 cm³/mol. The van der Waals surface area contributed by atoms with Crippen LogP contribution in [0.3, 0.4) is 0 Å². The van der Waals surface area contributed by atoms with Crippen molar-refractivity contribution in [3.05, 3.63) is 72.3 Å². The van der Waals surface area contributed by atoms with Crippen LogP contribution in [-0.2, 0) is 14.3 Å². The van der Waals surface area contributed by atoms with Crippen LogP contribution in [0.2, 0.25) is 0 Å². The summed E-state index contributed by atoms with van der Waals surface area (Å²) < 4.78 is 15.4. The first kappa shape index (κ1) is 19.9. The molecule has 0 bridgehead atoms. The molecule has 1 amide bonds. The molecule has 0 aliphatic heterocycles. The fourth-order valence-electron chi connectivity index (χ4n) is 2.78. The number of nitrogens with one attached hydrogen (secondary N) is 1. The first-order chi connectivity index (χ1) is 14.1. The van der Waals surface area contributed by atoms with E-state index in [1.807, 2.05) is 36.4 Å². The number of amides is 1. The Morgan fingerprint density at radius 3 is 2.48 bits per heavy atom. The van der Waals surface area contributed by atoms with E-state index in [4.69, 9.17) is 14.2 Å². The van der Waals surface area contributed by atoms with Gasteiger partial charge in [-0.1, -0.05) is 30.3 Å². The molecule has 0 heterocycles. The molecular formula is C23H21NO5. The van der Waals surface area contributed by atoms with Gasteiger partial charge in [0, 0.05) is 17.3 Å². The minimum atomic E-state index is -0.636. The summed E-state index contributed by atoms with van der Waals surface area (Å²) in [6.07, 6.45) is 2.78. The van der Waals surface area contributed by atoms with E-state index in [9.17, 15) is 9.59 Å². The Morgan fingerprint density at radius 1 is 0.931 bits per heavy atom. The molecule has 3 aromatic rings. The first-order valence-corrected chi connectivity index (χ1v) is 8.94. The minimum Gasteiger partial charge on any atom is -0.497 e. The van der Waals surface area contributed by atoms with E-state index in [-0.39, 0.29) is 6.61 Å². The summed E-state index contributed by atoms with van der Waals surface area (Å²) in [7, 11) is 3.09. The van der Waals surface area contributed by atoms with Gasteiger partial charge < -0.3 is 19.5 Å². The molecule has 0 saturated carbocycles. The lowest BCUT2D eigenvalue weighted by Gasteiger charge is -2.08. The molecule has 6 nitrogen and oxygen atoms in total. The Balaban J connectivity index is 1.55. The van der Waals surface area contributed by atoms with E-state index >= 15 is 0 Å². The van der Waals surface area contributed by atoms with Gasteiger partial charge in [0.15, 0.2) is 6.61 Å². The van der Waals surface area contributed by atoms with Gasteiger partial charge in [0.25, 0.3) is 5.91 Å². The fourth-order valence-corrected chi connectivity index (χ4v) is 2.78. The number of rotatable bonds is 7. The van der Waals surface area contributed by atoms with Gasteiger partial charge >= 0.3 is 5.97 Å². The highest BCUT2D eigenvalue weighted by Crippen LogP contribution is 2.25. The average molecular weight is 391 g/mol. The largest absolute Gasteiger partial charge is 0.497 e. The highest BCUT2D eigenvalue weighted by atomic mass is 16.5. The first-order valence-electron chi connectivity index (χ1n) is 8.94. The smallest absolute Gasteiger partial charge is 0.331 e. The van der Waals surface area contributed by atoms with Crippen LogP contribution in [-0.4, -0.2) is 32.7 Å². The van der Waals surface area contributed by atoms with Crippen LogP contribution in [0.1, 0.15) is 5.56 Å². The van der Waals surface area contributed by atoms with E-state index in [0.717, 1.165) is 10.8 Å². The number of esters is 1. The van der Waals surface area contributed by atoms with Crippen LogP contribution in [0, 0.1) is 0 Å². The summed E-state index contributed by atoms with van der Waals surface area (Å²) in [5.41, 5.74) is 1.30. The van der Waals surface area contributed by atoms with Crippen molar-refractivity contribution in [3.8, 4) is 11.5 Å². The van der Waals surface area contributed by atoms with Crippen LogP contribution >= 0.6 is 0 Å². The van der Waals surface area contributed by atoms with Crippen LogP contribution in [0.15, 0.2) is 66.7 Å². The highest BCUT2D eigenvalue weighted by Gasteiger charge is 2.07. The molecule has 6 heteroatoms. The molecule has 0 aromatic heterocycles. The Morgan fingerprint density at radius 2 is 1.72 bits per heavy atom. The lowest BCUT2D eigenvalue weighted by molar-refractivity contribution is -0.142. The van der Waals surface area contributed by atoms with Gasteiger partial charge in [-0.15, -0.1) is 0 Å². The van der Waals surface area contributed by atoms with Crippen molar-refractivity contribution >= 4 is 34.4 Å². The zero-order valence-corrected chi connectivity index (χ0v) is 16.2. The number of hydrogen-bond donors (Lipinski definition) is 1. The number of methoxy groups -OCH3 is 2. The number of carbonyl (C=O) groups is 2. The van der Waals surface area contributed by atoms with Crippen molar-refractivity contribution in [2.24, 2.45) is 0 Å². The second kappa shape index (κ2) is 9.41. The second-order valence-electron chi connectivity index (χ2n) is 6.16. The third kappa shape index (κ3) is 5.35. The van der Waals surface area contributed by atoms with Crippen LogP contribution in [0.5, 0.6) is 11.5 Å². The molecule has 0 atom stereocenters. The van der Waals surface area contributed by atoms with Crippen molar-refractivity contribution in [2.75, 3.05) is 26.1 Å². The third-order valence-corrected chi connectivity index (χ3v) is 4.21. The van der Waals surface area contributed by atoms with E-state index in [1.165, 1.54) is 13.2 Å². The lowest BCUT2D eigenvalue weighted by atomic mass is 10.1. The van der Waals surface area contributed by atoms with Gasteiger partial charge in [-0.05, 0) is 47.2 Å². The summed E-state index contributed by atoms with van der Waals surface area (Å²) in [5.74, 6) is 0.169. The van der Waals surface area contributed by atoms with Crippen molar-refractivity contribution in [1.82, 2.24) is 0 Å². The highest BCUT2D eigenvalue weighted by molar-refractivity contribution is 5.96. The number of carbonyl (C=O) groups excluding carboxylic acids is 2. The van der Waals surface area contributed by atoms with Crippen molar-refractivity contribution in [2.45, 2.75) is 0 Å². The molecule has 3 rings (SSSR count). The average Bonchev–Trinajstić information content (AvgIpc) is 2.75. The maximum Gasteiger partial charge on any atom is 0.331 e. The van der Waals surface area contributed by atoms with E-state index in [0.29, 0.717) is 22.7 Å². The predicted octanol–water partition coefficient (Wildman–Crippen LogP) is 4.05. The Bertz CT molecular complexity index is 1060. The Hall–Kier alpha value is -3.80. The third-order valence-electron chi connectivity index (χ3n) is 4.21. The molecule has 0 aliphatic rings. The molecule has 0 radical (unpaired) electrons.